The Balaban J connectivity index is 1.76. The summed E-state index contributed by atoms with van der Waals surface area (Å²) in [6.07, 6.45) is 0.299. The third-order valence-electron chi connectivity index (χ3n) is 4.02. The zero-order valence-corrected chi connectivity index (χ0v) is 13.7. The topological polar surface area (TPSA) is 26.7 Å². The molecule has 0 radical (unpaired) electrons. The van der Waals surface area contributed by atoms with Gasteiger partial charge in [0.05, 0.1) is 0 Å². The number of hydrogen-bond donors (Lipinski definition) is 0. The summed E-state index contributed by atoms with van der Waals surface area (Å²) < 4.78 is 16.8. The molecule has 1 atom stereocenters. The maximum atomic E-state index is 6.04. The molecule has 1 aromatic heterocycles. The number of alkyl halides is 2. The van der Waals surface area contributed by atoms with Crippen molar-refractivity contribution in [2.24, 2.45) is 0 Å². The number of fused-ring (bicyclic) bond motifs is 3. The van der Waals surface area contributed by atoms with Crippen molar-refractivity contribution in [2.45, 2.75) is 6.10 Å². The van der Waals surface area contributed by atoms with E-state index in [1.54, 1.807) is 0 Å². The molecule has 0 aliphatic carbocycles. The molecule has 3 heterocycles. The zero-order valence-electron chi connectivity index (χ0n) is 11.6. The van der Waals surface area contributed by atoms with Crippen molar-refractivity contribution in [3.63, 3.8) is 0 Å². The summed E-state index contributed by atoms with van der Waals surface area (Å²) in [5, 5.41) is 2.63. The number of aromatic nitrogens is 1. The Morgan fingerprint density at radius 2 is 1.90 bits per heavy atom. The predicted molar refractivity (Wildman–Crippen MR) is 93.8 cm³/mol. The fourth-order valence-corrected chi connectivity index (χ4v) is 7.53. The van der Waals surface area contributed by atoms with E-state index in [9.17, 15) is 0 Å². The van der Waals surface area contributed by atoms with Crippen molar-refractivity contribution < 1.29 is 9.47 Å². The van der Waals surface area contributed by atoms with Crippen LogP contribution in [0.15, 0.2) is 42.5 Å². The van der Waals surface area contributed by atoms with Gasteiger partial charge in [-0.05, 0) is 0 Å². The second kappa shape index (κ2) is 4.61. The molecule has 0 N–H and O–H groups in total. The molecule has 2 aliphatic rings. The minimum atomic E-state index is -0.922. The molecular formula is C17H16INO2. The number of epoxide rings is 1. The van der Waals surface area contributed by atoms with Gasteiger partial charge in [0, 0.05) is 0 Å². The molecule has 0 amide bonds. The Labute approximate surface area is 130 Å². The average molecular weight is 393 g/mol. The average Bonchev–Trinajstić information content (AvgIpc) is 3.42. The second-order valence-electron chi connectivity index (χ2n) is 5.52. The summed E-state index contributed by atoms with van der Waals surface area (Å²) in [4.78, 5) is 0. The van der Waals surface area contributed by atoms with Gasteiger partial charge < -0.3 is 0 Å². The monoisotopic (exact) mass is 393 g/mol. The molecule has 2 aliphatic heterocycles. The van der Waals surface area contributed by atoms with Crippen LogP contribution in [0.3, 0.4) is 0 Å². The number of rotatable bonds is 4. The van der Waals surface area contributed by atoms with E-state index in [2.05, 4.69) is 45.2 Å². The first kappa shape index (κ1) is 12.3. The molecule has 2 fully saturated rings. The Morgan fingerprint density at radius 1 is 1.10 bits per heavy atom. The molecule has 108 valence electrons. The van der Waals surface area contributed by atoms with Crippen LogP contribution < -0.4 is 4.74 Å². The summed E-state index contributed by atoms with van der Waals surface area (Å²) >= 11 is -0.922. The van der Waals surface area contributed by atoms with Gasteiger partial charge in [0.2, 0.25) is 0 Å². The first-order valence-corrected chi connectivity index (χ1v) is 11.3. The maximum absolute atomic E-state index is 6.04. The van der Waals surface area contributed by atoms with Gasteiger partial charge in [-0.3, -0.25) is 0 Å². The predicted octanol–water partition coefficient (Wildman–Crippen LogP) is 3.86. The van der Waals surface area contributed by atoms with Crippen molar-refractivity contribution in [2.75, 3.05) is 22.1 Å². The molecule has 0 spiro atoms. The van der Waals surface area contributed by atoms with E-state index in [1.807, 2.05) is 0 Å². The van der Waals surface area contributed by atoms with Crippen LogP contribution in [0.5, 0.6) is 5.75 Å². The van der Waals surface area contributed by atoms with Gasteiger partial charge in [0.15, 0.2) is 0 Å². The normalized spacial score (nSPS) is 21.9. The van der Waals surface area contributed by atoms with Crippen molar-refractivity contribution in [3.8, 4) is 5.75 Å². The molecule has 0 bridgehead atoms. The van der Waals surface area contributed by atoms with Crippen molar-refractivity contribution in [1.82, 2.24) is 2.78 Å². The SMILES string of the molecule is c1ccc2c(c1)c1c(OCC3CO3)cccc1n2I1CC1. The van der Waals surface area contributed by atoms with Gasteiger partial charge in [0.1, 0.15) is 0 Å². The number of hydrogen-bond acceptors (Lipinski definition) is 2. The molecule has 21 heavy (non-hydrogen) atoms. The molecule has 4 heteroatoms. The van der Waals surface area contributed by atoms with E-state index in [4.69, 9.17) is 9.47 Å². The van der Waals surface area contributed by atoms with Gasteiger partial charge in [-0.15, -0.1) is 0 Å². The van der Waals surface area contributed by atoms with Crippen LogP contribution in [-0.2, 0) is 4.74 Å². The Hall–Kier alpha value is -1.27. The Morgan fingerprint density at radius 3 is 2.71 bits per heavy atom. The quantitative estimate of drug-likeness (QED) is 0.383. The van der Waals surface area contributed by atoms with E-state index >= 15 is 0 Å². The summed E-state index contributed by atoms with van der Waals surface area (Å²) in [5.74, 6) is 1.01. The molecule has 1 unspecified atom stereocenters. The van der Waals surface area contributed by atoms with Crippen LogP contribution in [0.25, 0.3) is 21.8 Å². The van der Waals surface area contributed by atoms with Gasteiger partial charge in [-0.2, -0.15) is 0 Å². The number of para-hydroxylation sites is 1. The Bertz CT molecular complexity index is 833. The molecule has 2 saturated heterocycles. The number of ether oxygens (including phenoxy) is 2. The minimum absolute atomic E-state index is 0.299. The van der Waals surface area contributed by atoms with Crippen molar-refractivity contribution in [3.05, 3.63) is 42.5 Å². The standard InChI is InChI=1S/C17H16INO2/c1-2-5-14-13(4-1)17-15(19(14)18-8-9-18)6-3-7-16(17)21-11-12-10-20-12/h1-7,12H,8-11H2. The van der Waals surface area contributed by atoms with Crippen molar-refractivity contribution in [1.29, 1.82) is 0 Å². The van der Waals surface area contributed by atoms with E-state index in [0.29, 0.717) is 12.7 Å². The van der Waals surface area contributed by atoms with Gasteiger partial charge in [-0.1, -0.05) is 0 Å². The summed E-state index contributed by atoms with van der Waals surface area (Å²) in [6.45, 7) is 1.51. The summed E-state index contributed by atoms with van der Waals surface area (Å²) in [7, 11) is 0. The molecule has 3 nitrogen and oxygen atoms in total. The van der Waals surface area contributed by atoms with Gasteiger partial charge >= 0.3 is 131 Å². The molecule has 3 aromatic rings. The Kier molecular flexibility index (Phi) is 2.70. The third-order valence-corrected chi connectivity index (χ3v) is 8.47. The number of benzene rings is 2. The van der Waals surface area contributed by atoms with Gasteiger partial charge in [-0.25, -0.2) is 0 Å². The number of halogens is 1. The second-order valence-corrected chi connectivity index (χ2v) is 11.1. The molecular weight excluding hydrogens is 377 g/mol. The van der Waals surface area contributed by atoms with E-state index < -0.39 is 20.1 Å². The van der Waals surface area contributed by atoms with E-state index in [0.717, 1.165) is 12.4 Å². The summed E-state index contributed by atoms with van der Waals surface area (Å²) in [6, 6.07) is 15.2. The van der Waals surface area contributed by atoms with Crippen LogP contribution >= 0.6 is 20.1 Å². The molecule has 2 aromatic carbocycles. The van der Waals surface area contributed by atoms with Crippen LogP contribution in [0.2, 0.25) is 0 Å². The first-order valence-electron chi connectivity index (χ1n) is 7.31. The summed E-state index contributed by atoms with van der Waals surface area (Å²) in [5.41, 5.74) is 2.77. The third kappa shape index (κ3) is 2.04. The van der Waals surface area contributed by atoms with Gasteiger partial charge in [0.25, 0.3) is 0 Å². The molecule has 5 rings (SSSR count). The fourth-order valence-electron chi connectivity index (χ4n) is 2.87. The van der Waals surface area contributed by atoms with E-state index in [-0.39, 0.29) is 0 Å². The van der Waals surface area contributed by atoms with E-state index in [1.165, 1.54) is 30.7 Å². The fraction of sp³-hybridized carbons (Fsp3) is 0.294. The number of nitrogens with zero attached hydrogens (tertiary/aromatic N) is 1. The van der Waals surface area contributed by atoms with Crippen LogP contribution in [0.1, 0.15) is 0 Å². The van der Waals surface area contributed by atoms with Crippen LogP contribution in [-0.4, -0.2) is 31.0 Å². The van der Waals surface area contributed by atoms with Crippen LogP contribution in [0.4, 0.5) is 0 Å². The van der Waals surface area contributed by atoms with Crippen LogP contribution in [0, 0.1) is 0 Å². The van der Waals surface area contributed by atoms with Crippen molar-refractivity contribution >= 4 is 41.9 Å². The first-order chi connectivity index (χ1) is 10.4. The molecule has 0 saturated carbocycles. The zero-order chi connectivity index (χ0) is 13.8.